The zero-order valence-corrected chi connectivity index (χ0v) is 14.0. The SMILES string of the molecule is COC1(C(=O)N(C)CC(=O)Nc2ccc(C)cc2)CCNCC1. The Kier molecular flexibility index (Phi) is 5.74. The van der Waals surface area contributed by atoms with Gasteiger partial charge < -0.3 is 20.3 Å². The Balaban J connectivity index is 1.94. The molecular formula is C17H25N3O3. The molecule has 0 spiro atoms. The first-order valence-corrected chi connectivity index (χ1v) is 7.85. The number of hydrogen-bond donors (Lipinski definition) is 2. The van der Waals surface area contributed by atoms with Crippen LogP contribution in [0.5, 0.6) is 0 Å². The molecule has 1 aliphatic rings. The van der Waals surface area contributed by atoms with E-state index in [1.807, 2.05) is 31.2 Å². The van der Waals surface area contributed by atoms with Crippen LogP contribution in [-0.2, 0) is 14.3 Å². The van der Waals surface area contributed by atoms with Crippen LogP contribution in [0.1, 0.15) is 18.4 Å². The molecule has 1 heterocycles. The number of hydrogen-bond acceptors (Lipinski definition) is 4. The number of piperidine rings is 1. The molecule has 0 radical (unpaired) electrons. The summed E-state index contributed by atoms with van der Waals surface area (Å²) in [7, 11) is 3.20. The highest BCUT2D eigenvalue weighted by atomic mass is 16.5. The number of nitrogens with one attached hydrogen (secondary N) is 2. The maximum Gasteiger partial charge on any atom is 0.255 e. The lowest BCUT2D eigenvalue weighted by Gasteiger charge is -2.37. The monoisotopic (exact) mass is 319 g/mol. The van der Waals surface area contributed by atoms with E-state index in [1.165, 1.54) is 4.90 Å². The van der Waals surface area contributed by atoms with Crippen molar-refractivity contribution >= 4 is 17.5 Å². The van der Waals surface area contributed by atoms with Gasteiger partial charge in [-0.1, -0.05) is 17.7 Å². The number of nitrogens with zero attached hydrogens (tertiary/aromatic N) is 1. The number of benzene rings is 1. The molecule has 1 aromatic carbocycles. The Labute approximate surface area is 137 Å². The molecule has 2 amide bonds. The van der Waals surface area contributed by atoms with Crippen molar-refractivity contribution in [1.82, 2.24) is 10.2 Å². The Bertz CT molecular complexity index is 551. The van der Waals surface area contributed by atoms with E-state index in [1.54, 1.807) is 14.2 Å². The van der Waals surface area contributed by atoms with Gasteiger partial charge in [-0.15, -0.1) is 0 Å². The number of carbonyl (C=O) groups excluding carboxylic acids is 2. The number of rotatable bonds is 5. The van der Waals surface area contributed by atoms with Crippen molar-refractivity contribution < 1.29 is 14.3 Å². The minimum absolute atomic E-state index is 0.00521. The average Bonchev–Trinajstić information content (AvgIpc) is 2.56. The van der Waals surface area contributed by atoms with Crippen LogP contribution in [-0.4, -0.2) is 56.1 Å². The molecular weight excluding hydrogens is 294 g/mol. The van der Waals surface area contributed by atoms with Crippen molar-refractivity contribution in [3.63, 3.8) is 0 Å². The summed E-state index contributed by atoms with van der Waals surface area (Å²) in [6.45, 7) is 3.47. The number of aryl methyl sites for hydroxylation is 1. The van der Waals surface area contributed by atoms with Gasteiger partial charge in [0.2, 0.25) is 5.91 Å². The first-order chi connectivity index (χ1) is 11.0. The summed E-state index contributed by atoms with van der Waals surface area (Å²) in [4.78, 5) is 26.2. The molecule has 0 aliphatic carbocycles. The smallest absolute Gasteiger partial charge is 0.255 e. The number of anilines is 1. The molecule has 6 heteroatoms. The molecule has 1 fully saturated rings. The van der Waals surface area contributed by atoms with E-state index in [0.29, 0.717) is 12.8 Å². The Morgan fingerprint density at radius 3 is 2.43 bits per heavy atom. The van der Waals surface area contributed by atoms with E-state index >= 15 is 0 Å². The highest BCUT2D eigenvalue weighted by Gasteiger charge is 2.41. The van der Waals surface area contributed by atoms with Gasteiger partial charge in [0.25, 0.3) is 5.91 Å². The molecule has 6 nitrogen and oxygen atoms in total. The third kappa shape index (κ3) is 4.30. The van der Waals surface area contributed by atoms with Crippen LogP contribution in [0.25, 0.3) is 0 Å². The topological polar surface area (TPSA) is 70.7 Å². The number of ether oxygens (including phenoxy) is 1. The van der Waals surface area contributed by atoms with Gasteiger partial charge in [-0.25, -0.2) is 0 Å². The molecule has 0 bridgehead atoms. The van der Waals surface area contributed by atoms with Crippen LogP contribution in [0.4, 0.5) is 5.69 Å². The third-order valence-electron chi connectivity index (χ3n) is 4.25. The maximum atomic E-state index is 12.7. The quantitative estimate of drug-likeness (QED) is 0.854. The largest absolute Gasteiger partial charge is 0.368 e. The van der Waals surface area contributed by atoms with Gasteiger partial charge in [0.15, 0.2) is 0 Å². The zero-order chi connectivity index (χ0) is 16.9. The first-order valence-electron chi connectivity index (χ1n) is 7.85. The van der Waals surface area contributed by atoms with E-state index in [9.17, 15) is 9.59 Å². The molecule has 23 heavy (non-hydrogen) atoms. The normalized spacial score (nSPS) is 16.7. The van der Waals surface area contributed by atoms with Crippen LogP contribution in [0.15, 0.2) is 24.3 Å². The van der Waals surface area contributed by atoms with Crippen LogP contribution in [0.2, 0.25) is 0 Å². The minimum atomic E-state index is -0.815. The summed E-state index contributed by atoms with van der Waals surface area (Å²) >= 11 is 0. The molecule has 2 N–H and O–H groups in total. The van der Waals surface area contributed by atoms with E-state index < -0.39 is 5.60 Å². The van der Waals surface area contributed by atoms with Crippen molar-refractivity contribution in [3.05, 3.63) is 29.8 Å². The number of likely N-dealkylation sites (N-methyl/N-ethyl adjacent to an activating group) is 1. The van der Waals surface area contributed by atoms with Gasteiger partial charge in [-0.05, 0) is 45.0 Å². The molecule has 126 valence electrons. The van der Waals surface area contributed by atoms with Crippen LogP contribution >= 0.6 is 0 Å². The fourth-order valence-corrected chi connectivity index (χ4v) is 2.81. The van der Waals surface area contributed by atoms with Gasteiger partial charge in [-0.2, -0.15) is 0 Å². The van der Waals surface area contributed by atoms with Crippen molar-refractivity contribution in [2.75, 3.05) is 39.1 Å². The summed E-state index contributed by atoms with van der Waals surface area (Å²) in [6, 6.07) is 7.55. The molecule has 1 aromatic rings. The molecule has 0 atom stereocenters. The Morgan fingerprint density at radius 1 is 1.26 bits per heavy atom. The second-order valence-corrected chi connectivity index (χ2v) is 6.02. The van der Waals surface area contributed by atoms with E-state index in [-0.39, 0.29) is 18.4 Å². The molecule has 2 rings (SSSR count). The van der Waals surface area contributed by atoms with Gasteiger partial charge in [0.1, 0.15) is 5.60 Å². The summed E-state index contributed by atoms with van der Waals surface area (Å²) < 4.78 is 5.51. The lowest BCUT2D eigenvalue weighted by atomic mass is 9.90. The van der Waals surface area contributed by atoms with E-state index in [0.717, 1.165) is 24.3 Å². The van der Waals surface area contributed by atoms with Crippen molar-refractivity contribution in [1.29, 1.82) is 0 Å². The van der Waals surface area contributed by atoms with Gasteiger partial charge >= 0.3 is 0 Å². The lowest BCUT2D eigenvalue weighted by molar-refractivity contribution is -0.157. The fourth-order valence-electron chi connectivity index (χ4n) is 2.81. The number of methoxy groups -OCH3 is 1. The summed E-state index contributed by atoms with van der Waals surface area (Å²) in [6.07, 6.45) is 1.23. The van der Waals surface area contributed by atoms with E-state index in [4.69, 9.17) is 4.74 Å². The predicted octanol–water partition coefficient (Wildman–Crippen LogP) is 1.16. The fraction of sp³-hybridized carbons (Fsp3) is 0.529. The van der Waals surface area contributed by atoms with Crippen molar-refractivity contribution in [2.45, 2.75) is 25.4 Å². The van der Waals surface area contributed by atoms with Gasteiger partial charge in [0, 0.05) is 19.8 Å². The summed E-state index contributed by atoms with van der Waals surface area (Å²) in [5.74, 6) is -0.356. The lowest BCUT2D eigenvalue weighted by Crippen LogP contribution is -2.55. The maximum absolute atomic E-state index is 12.7. The van der Waals surface area contributed by atoms with Crippen molar-refractivity contribution in [3.8, 4) is 0 Å². The molecule has 1 saturated heterocycles. The third-order valence-corrected chi connectivity index (χ3v) is 4.25. The second-order valence-electron chi connectivity index (χ2n) is 6.02. The van der Waals surface area contributed by atoms with Gasteiger partial charge in [-0.3, -0.25) is 9.59 Å². The van der Waals surface area contributed by atoms with Crippen molar-refractivity contribution in [2.24, 2.45) is 0 Å². The zero-order valence-electron chi connectivity index (χ0n) is 14.0. The molecule has 1 aliphatic heterocycles. The minimum Gasteiger partial charge on any atom is -0.368 e. The predicted molar refractivity (Wildman–Crippen MR) is 89.3 cm³/mol. The molecule has 0 aromatic heterocycles. The molecule has 0 unspecified atom stereocenters. The highest BCUT2D eigenvalue weighted by Crippen LogP contribution is 2.24. The van der Waals surface area contributed by atoms with Crippen LogP contribution in [0.3, 0.4) is 0 Å². The van der Waals surface area contributed by atoms with Crippen LogP contribution < -0.4 is 10.6 Å². The summed E-state index contributed by atoms with van der Waals surface area (Å²) in [5, 5.41) is 6.02. The summed E-state index contributed by atoms with van der Waals surface area (Å²) in [5.41, 5.74) is 1.04. The average molecular weight is 319 g/mol. The standard InChI is InChI=1S/C17H25N3O3/c1-13-4-6-14(7-5-13)19-15(21)12-20(2)16(22)17(23-3)8-10-18-11-9-17/h4-7,18H,8-12H2,1-3H3,(H,19,21). The molecule has 0 saturated carbocycles. The highest BCUT2D eigenvalue weighted by molar-refractivity contribution is 5.95. The van der Waals surface area contributed by atoms with E-state index in [2.05, 4.69) is 10.6 Å². The second kappa shape index (κ2) is 7.57. The number of carbonyl (C=O) groups is 2. The van der Waals surface area contributed by atoms with Gasteiger partial charge in [0.05, 0.1) is 6.54 Å². The Hall–Kier alpha value is -1.92. The number of amides is 2. The Morgan fingerprint density at radius 2 is 1.87 bits per heavy atom. The van der Waals surface area contributed by atoms with Crippen LogP contribution in [0, 0.1) is 6.92 Å². The first kappa shape index (κ1) is 17.4.